The van der Waals surface area contributed by atoms with E-state index in [-0.39, 0.29) is 11.3 Å². The Bertz CT molecular complexity index is 634. The number of likely N-dealkylation sites (N-methyl/N-ethyl adjacent to an activating group) is 1. The van der Waals surface area contributed by atoms with E-state index in [0.29, 0.717) is 5.88 Å². The predicted molar refractivity (Wildman–Crippen MR) is 81.6 cm³/mol. The molecule has 21 heavy (non-hydrogen) atoms. The lowest BCUT2D eigenvalue weighted by atomic mass is 9.94. The van der Waals surface area contributed by atoms with Crippen molar-refractivity contribution in [1.82, 2.24) is 4.98 Å². The summed E-state index contributed by atoms with van der Waals surface area (Å²) in [5.74, 6) is 0.671. The van der Waals surface area contributed by atoms with E-state index in [1.165, 1.54) is 0 Å². The van der Waals surface area contributed by atoms with Gasteiger partial charge in [0, 0.05) is 13.1 Å². The maximum atomic E-state index is 12.8. The van der Waals surface area contributed by atoms with Gasteiger partial charge in [-0.3, -0.25) is 4.79 Å². The van der Waals surface area contributed by atoms with Crippen LogP contribution in [-0.4, -0.2) is 25.0 Å². The summed E-state index contributed by atoms with van der Waals surface area (Å²) < 4.78 is 5.04. The third kappa shape index (κ3) is 2.37. The number of carbonyl (C=O) groups is 1. The Kier molecular flexibility index (Phi) is 3.37. The van der Waals surface area contributed by atoms with Crippen LogP contribution >= 0.6 is 0 Å². The average Bonchev–Trinajstić information content (AvgIpc) is 3.36. The Labute approximate surface area is 124 Å². The molecule has 0 radical (unpaired) electrons. The van der Waals surface area contributed by atoms with Crippen molar-refractivity contribution >= 4 is 11.6 Å². The second kappa shape index (κ2) is 5.20. The number of methoxy groups -OCH3 is 1. The molecule has 1 amide bonds. The fourth-order valence-electron chi connectivity index (χ4n) is 2.64. The molecule has 3 rings (SSSR count). The summed E-state index contributed by atoms with van der Waals surface area (Å²) in [4.78, 5) is 18.7. The Hall–Kier alpha value is -2.36. The molecular formula is C17H18N2O2. The molecule has 1 heterocycles. The van der Waals surface area contributed by atoms with Gasteiger partial charge in [-0.15, -0.1) is 0 Å². The highest BCUT2D eigenvalue weighted by atomic mass is 16.5. The van der Waals surface area contributed by atoms with Gasteiger partial charge in [-0.2, -0.15) is 0 Å². The normalized spacial score (nSPS) is 15.3. The van der Waals surface area contributed by atoms with E-state index in [1.807, 2.05) is 36.4 Å². The molecule has 4 nitrogen and oxygen atoms in total. The van der Waals surface area contributed by atoms with Gasteiger partial charge in [0.2, 0.25) is 11.8 Å². The number of nitrogens with zero attached hydrogens (tertiary/aromatic N) is 2. The first-order valence-corrected chi connectivity index (χ1v) is 7.01. The van der Waals surface area contributed by atoms with Gasteiger partial charge in [-0.1, -0.05) is 30.3 Å². The molecule has 0 saturated heterocycles. The number of carbonyl (C=O) groups excluding carboxylic acids is 1. The van der Waals surface area contributed by atoms with Crippen LogP contribution in [0.4, 0.5) is 5.69 Å². The Morgan fingerprint density at radius 2 is 1.90 bits per heavy atom. The number of pyridine rings is 1. The lowest BCUT2D eigenvalue weighted by Crippen LogP contribution is -2.36. The minimum Gasteiger partial charge on any atom is -0.481 e. The van der Waals surface area contributed by atoms with Gasteiger partial charge in [-0.25, -0.2) is 4.98 Å². The van der Waals surface area contributed by atoms with E-state index in [0.717, 1.165) is 24.1 Å². The van der Waals surface area contributed by atoms with E-state index in [9.17, 15) is 4.79 Å². The van der Waals surface area contributed by atoms with E-state index in [1.54, 1.807) is 31.3 Å². The van der Waals surface area contributed by atoms with E-state index >= 15 is 0 Å². The summed E-state index contributed by atoms with van der Waals surface area (Å²) in [5, 5.41) is 0. The van der Waals surface area contributed by atoms with Crippen LogP contribution in [0.5, 0.6) is 5.88 Å². The molecule has 108 valence electrons. The number of benzene rings is 1. The van der Waals surface area contributed by atoms with Crippen LogP contribution in [0.3, 0.4) is 0 Å². The summed E-state index contributed by atoms with van der Waals surface area (Å²) >= 11 is 0. The first-order chi connectivity index (χ1) is 10.2. The second-order valence-corrected chi connectivity index (χ2v) is 5.37. The number of aromatic nitrogens is 1. The third-order valence-corrected chi connectivity index (χ3v) is 4.11. The fourth-order valence-corrected chi connectivity index (χ4v) is 2.64. The zero-order valence-corrected chi connectivity index (χ0v) is 12.2. The van der Waals surface area contributed by atoms with Crippen molar-refractivity contribution in [3.8, 4) is 5.88 Å². The van der Waals surface area contributed by atoms with Crippen LogP contribution in [0.15, 0.2) is 48.7 Å². The van der Waals surface area contributed by atoms with Gasteiger partial charge >= 0.3 is 0 Å². The van der Waals surface area contributed by atoms with E-state index < -0.39 is 0 Å². The topological polar surface area (TPSA) is 42.4 Å². The number of amides is 1. The molecule has 1 saturated carbocycles. The Balaban J connectivity index is 1.84. The SMILES string of the molecule is COc1ccc(N(C)C(=O)C2(c3ccccc3)CC2)cn1. The van der Waals surface area contributed by atoms with Crippen LogP contribution in [0.25, 0.3) is 0 Å². The second-order valence-electron chi connectivity index (χ2n) is 5.37. The molecule has 1 aromatic heterocycles. The molecule has 1 aliphatic rings. The smallest absolute Gasteiger partial charge is 0.237 e. The zero-order valence-electron chi connectivity index (χ0n) is 12.2. The lowest BCUT2D eigenvalue weighted by molar-refractivity contribution is -0.120. The summed E-state index contributed by atoms with van der Waals surface area (Å²) in [6.07, 6.45) is 3.48. The maximum absolute atomic E-state index is 12.8. The van der Waals surface area contributed by atoms with Crippen molar-refractivity contribution in [2.45, 2.75) is 18.3 Å². The van der Waals surface area contributed by atoms with E-state index in [4.69, 9.17) is 4.74 Å². The number of hydrogen-bond acceptors (Lipinski definition) is 3. The summed E-state index contributed by atoms with van der Waals surface area (Å²) in [5.41, 5.74) is 1.53. The standard InChI is InChI=1S/C17H18N2O2/c1-19(14-8-9-15(21-2)18-12-14)16(20)17(10-11-17)13-6-4-3-5-7-13/h3-9,12H,10-11H2,1-2H3. The van der Waals surface area contributed by atoms with Crippen LogP contribution in [0.1, 0.15) is 18.4 Å². The molecule has 0 unspecified atom stereocenters. The van der Waals surface area contributed by atoms with Crippen molar-refractivity contribution in [2.24, 2.45) is 0 Å². The maximum Gasteiger partial charge on any atom is 0.237 e. The van der Waals surface area contributed by atoms with Crippen molar-refractivity contribution in [3.63, 3.8) is 0 Å². The highest BCUT2D eigenvalue weighted by molar-refractivity contribution is 6.02. The molecule has 0 aliphatic heterocycles. The molecule has 0 bridgehead atoms. The minimum absolute atomic E-state index is 0.126. The van der Waals surface area contributed by atoms with Gasteiger partial charge in [0.25, 0.3) is 0 Å². The van der Waals surface area contributed by atoms with Crippen molar-refractivity contribution in [2.75, 3.05) is 19.1 Å². The lowest BCUT2D eigenvalue weighted by Gasteiger charge is -2.23. The van der Waals surface area contributed by atoms with Crippen molar-refractivity contribution in [3.05, 3.63) is 54.2 Å². The number of hydrogen-bond donors (Lipinski definition) is 0. The van der Waals surface area contributed by atoms with Crippen molar-refractivity contribution in [1.29, 1.82) is 0 Å². The van der Waals surface area contributed by atoms with Crippen LogP contribution in [0, 0.1) is 0 Å². The Morgan fingerprint density at radius 1 is 1.19 bits per heavy atom. The van der Waals surface area contributed by atoms with Crippen LogP contribution < -0.4 is 9.64 Å². The summed E-state index contributed by atoms with van der Waals surface area (Å²) in [6.45, 7) is 0. The number of ether oxygens (including phenoxy) is 1. The highest BCUT2D eigenvalue weighted by Gasteiger charge is 2.52. The molecule has 1 aliphatic carbocycles. The molecule has 4 heteroatoms. The molecule has 0 N–H and O–H groups in total. The monoisotopic (exact) mass is 282 g/mol. The molecular weight excluding hydrogens is 264 g/mol. The molecule has 1 aromatic carbocycles. The van der Waals surface area contributed by atoms with Crippen LogP contribution in [-0.2, 0) is 10.2 Å². The first kappa shape index (κ1) is 13.6. The summed E-state index contributed by atoms with van der Waals surface area (Å²) in [6, 6.07) is 13.6. The van der Waals surface area contributed by atoms with Gasteiger partial charge in [0.15, 0.2) is 0 Å². The number of rotatable bonds is 4. The number of anilines is 1. The quantitative estimate of drug-likeness (QED) is 0.866. The fraction of sp³-hybridized carbons (Fsp3) is 0.294. The zero-order chi connectivity index (χ0) is 14.9. The van der Waals surface area contributed by atoms with Gasteiger partial charge in [-0.05, 0) is 24.5 Å². The first-order valence-electron chi connectivity index (χ1n) is 7.01. The molecule has 0 atom stereocenters. The molecule has 2 aromatic rings. The largest absolute Gasteiger partial charge is 0.481 e. The highest BCUT2D eigenvalue weighted by Crippen LogP contribution is 2.49. The predicted octanol–water partition coefficient (Wildman–Crippen LogP) is 2.78. The van der Waals surface area contributed by atoms with Crippen LogP contribution in [0.2, 0.25) is 0 Å². The minimum atomic E-state index is -0.351. The van der Waals surface area contributed by atoms with E-state index in [2.05, 4.69) is 4.98 Å². The summed E-state index contributed by atoms with van der Waals surface area (Å²) in [7, 11) is 3.38. The third-order valence-electron chi connectivity index (χ3n) is 4.11. The Morgan fingerprint density at radius 3 is 2.43 bits per heavy atom. The van der Waals surface area contributed by atoms with Gasteiger partial charge in [0.1, 0.15) is 0 Å². The average molecular weight is 282 g/mol. The van der Waals surface area contributed by atoms with Gasteiger partial charge < -0.3 is 9.64 Å². The molecule has 0 spiro atoms. The van der Waals surface area contributed by atoms with Crippen molar-refractivity contribution < 1.29 is 9.53 Å². The molecule has 1 fully saturated rings. The van der Waals surface area contributed by atoms with Gasteiger partial charge in [0.05, 0.1) is 24.4 Å².